The van der Waals surface area contributed by atoms with Gasteiger partial charge in [-0.05, 0) is 77.7 Å². The van der Waals surface area contributed by atoms with Gasteiger partial charge in [-0.25, -0.2) is 4.79 Å². The predicted molar refractivity (Wildman–Crippen MR) is 156 cm³/mol. The Morgan fingerprint density at radius 3 is 1.44 bits per heavy atom. The van der Waals surface area contributed by atoms with Crippen molar-refractivity contribution in [3.05, 3.63) is 0 Å². The summed E-state index contributed by atoms with van der Waals surface area (Å²) >= 11 is 0. The first-order valence-electron chi connectivity index (χ1n) is 15.5. The maximum Gasteiger partial charge on any atom is 0.314 e. The predicted octanol–water partition coefficient (Wildman–Crippen LogP) is 6.78. The Morgan fingerprint density at radius 2 is 0.889 bits per heavy atom. The number of nitrogens with one attached hydrogen (secondary N) is 2. The fourth-order valence-corrected chi connectivity index (χ4v) is 4.39. The van der Waals surface area contributed by atoms with Crippen molar-refractivity contribution in [2.75, 3.05) is 52.4 Å². The molecular formula is C30H62N4O2. The molecule has 214 valence electrons. The van der Waals surface area contributed by atoms with E-state index in [-0.39, 0.29) is 6.03 Å². The minimum atomic E-state index is -0.0468. The first-order valence-corrected chi connectivity index (χ1v) is 15.5. The van der Waals surface area contributed by atoms with Crippen LogP contribution in [0.25, 0.3) is 0 Å². The first kappa shape index (κ1) is 34.9. The van der Waals surface area contributed by atoms with Crippen LogP contribution in [0.4, 0.5) is 4.79 Å². The maximum absolute atomic E-state index is 12.2. The summed E-state index contributed by atoms with van der Waals surface area (Å²) in [5.41, 5.74) is 0. The fraction of sp³-hybridized carbons (Fsp3) is 0.933. The fourth-order valence-electron chi connectivity index (χ4n) is 4.39. The largest absolute Gasteiger partial charge is 0.338 e. The molecule has 0 aromatic carbocycles. The molecule has 0 aromatic rings. The van der Waals surface area contributed by atoms with Crippen LogP contribution in [0, 0.1) is 0 Å². The normalized spacial score (nSPS) is 11.4. The van der Waals surface area contributed by atoms with Gasteiger partial charge in [0, 0.05) is 32.5 Å². The van der Waals surface area contributed by atoms with Crippen LogP contribution in [0.15, 0.2) is 0 Å². The molecule has 0 saturated heterocycles. The quantitative estimate of drug-likeness (QED) is 0.120. The molecule has 36 heavy (non-hydrogen) atoms. The van der Waals surface area contributed by atoms with Crippen LogP contribution < -0.4 is 10.6 Å². The van der Waals surface area contributed by atoms with Gasteiger partial charge in [0.25, 0.3) is 0 Å². The van der Waals surface area contributed by atoms with Crippen molar-refractivity contribution < 1.29 is 9.59 Å². The molecule has 0 aliphatic carbocycles. The number of amides is 2. The van der Waals surface area contributed by atoms with Crippen molar-refractivity contribution in [1.82, 2.24) is 20.4 Å². The number of urea groups is 1. The van der Waals surface area contributed by atoms with Gasteiger partial charge < -0.3 is 20.4 Å². The van der Waals surface area contributed by atoms with E-state index in [1.807, 2.05) is 0 Å². The zero-order valence-corrected chi connectivity index (χ0v) is 24.7. The molecule has 0 unspecified atom stereocenters. The van der Waals surface area contributed by atoms with Crippen molar-refractivity contribution in [2.45, 2.75) is 130 Å². The Hall–Kier alpha value is -1.14. The Balaban J connectivity index is 3.67. The SMILES string of the molecule is CCCCN(CCCC)CCCC(=O)CCCCCCCNC(=O)NCCN(CCCC)CCCC. The van der Waals surface area contributed by atoms with Crippen molar-refractivity contribution in [2.24, 2.45) is 0 Å². The van der Waals surface area contributed by atoms with Gasteiger partial charge in [0.15, 0.2) is 0 Å². The van der Waals surface area contributed by atoms with E-state index < -0.39 is 0 Å². The first-order chi connectivity index (χ1) is 17.6. The number of ketones is 1. The van der Waals surface area contributed by atoms with Gasteiger partial charge in [0.1, 0.15) is 5.78 Å². The van der Waals surface area contributed by atoms with E-state index in [0.29, 0.717) is 12.3 Å². The zero-order valence-electron chi connectivity index (χ0n) is 24.7. The third-order valence-corrected chi connectivity index (χ3v) is 6.87. The molecule has 6 heteroatoms. The molecule has 0 atom stereocenters. The second-order valence-corrected chi connectivity index (χ2v) is 10.4. The van der Waals surface area contributed by atoms with Crippen molar-refractivity contribution in [3.63, 3.8) is 0 Å². The van der Waals surface area contributed by atoms with E-state index in [4.69, 9.17) is 0 Å². The number of hydrogen-bond donors (Lipinski definition) is 2. The summed E-state index contributed by atoms with van der Waals surface area (Å²) in [6, 6.07) is -0.0468. The van der Waals surface area contributed by atoms with Crippen LogP contribution in [0.3, 0.4) is 0 Å². The zero-order chi connectivity index (χ0) is 26.7. The van der Waals surface area contributed by atoms with E-state index in [9.17, 15) is 9.59 Å². The standard InChI is InChI=1S/C30H62N4O2/c1-5-9-23-33(24-10-6-2)27-18-20-29(35)19-16-14-13-15-17-21-31-30(36)32-22-28-34(25-11-7-3)26-12-8-4/h5-28H2,1-4H3,(H2,31,32,36). The number of unbranched alkanes of at least 4 members (excludes halogenated alkanes) is 8. The lowest BCUT2D eigenvalue weighted by atomic mass is 10.1. The Morgan fingerprint density at radius 1 is 0.472 bits per heavy atom. The number of Topliss-reactive ketones (excluding diaryl/α,β-unsaturated/α-hetero) is 1. The molecule has 0 bridgehead atoms. The molecular weight excluding hydrogens is 448 g/mol. The molecule has 2 N–H and O–H groups in total. The molecule has 0 aromatic heterocycles. The van der Waals surface area contributed by atoms with Crippen LogP contribution in [0.1, 0.15) is 130 Å². The number of carbonyl (C=O) groups excluding carboxylic acids is 2. The summed E-state index contributed by atoms with van der Waals surface area (Å²) in [7, 11) is 0. The Labute approximate surface area is 224 Å². The highest BCUT2D eigenvalue weighted by Crippen LogP contribution is 2.09. The summed E-state index contributed by atoms with van der Waals surface area (Å²) in [4.78, 5) is 29.2. The van der Waals surface area contributed by atoms with Gasteiger partial charge in [-0.1, -0.05) is 72.6 Å². The topological polar surface area (TPSA) is 64.7 Å². The molecule has 2 amide bonds. The Kier molecular flexibility index (Phi) is 26.1. The molecule has 0 spiro atoms. The van der Waals surface area contributed by atoms with E-state index in [0.717, 1.165) is 84.1 Å². The monoisotopic (exact) mass is 510 g/mol. The molecule has 6 nitrogen and oxygen atoms in total. The van der Waals surface area contributed by atoms with Crippen molar-refractivity contribution >= 4 is 11.8 Å². The average molecular weight is 511 g/mol. The van der Waals surface area contributed by atoms with Gasteiger partial charge in [-0.2, -0.15) is 0 Å². The van der Waals surface area contributed by atoms with E-state index in [1.165, 1.54) is 64.5 Å². The third-order valence-electron chi connectivity index (χ3n) is 6.87. The number of rotatable bonds is 27. The summed E-state index contributed by atoms with van der Waals surface area (Å²) in [6.07, 6.45) is 17.7. The highest BCUT2D eigenvalue weighted by molar-refractivity contribution is 5.78. The number of hydrogen-bond acceptors (Lipinski definition) is 4. The van der Waals surface area contributed by atoms with E-state index in [2.05, 4.69) is 48.1 Å². The molecule has 0 saturated carbocycles. The summed E-state index contributed by atoms with van der Waals surface area (Å²) in [6.45, 7) is 17.0. The second-order valence-electron chi connectivity index (χ2n) is 10.4. The van der Waals surface area contributed by atoms with E-state index in [1.54, 1.807) is 0 Å². The molecule has 0 radical (unpaired) electrons. The van der Waals surface area contributed by atoms with Crippen LogP contribution in [-0.4, -0.2) is 74.0 Å². The molecule has 0 rings (SSSR count). The summed E-state index contributed by atoms with van der Waals surface area (Å²) in [5.74, 6) is 0.433. The smallest absolute Gasteiger partial charge is 0.314 e. The van der Waals surface area contributed by atoms with Crippen LogP contribution in [0.5, 0.6) is 0 Å². The van der Waals surface area contributed by atoms with Crippen LogP contribution in [0.2, 0.25) is 0 Å². The lowest BCUT2D eigenvalue weighted by Gasteiger charge is -2.22. The molecule has 0 aliphatic heterocycles. The minimum absolute atomic E-state index is 0.0468. The maximum atomic E-state index is 12.2. The Bertz CT molecular complexity index is 441. The van der Waals surface area contributed by atoms with Gasteiger partial charge in [0.2, 0.25) is 0 Å². The van der Waals surface area contributed by atoms with Gasteiger partial charge >= 0.3 is 6.03 Å². The van der Waals surface area contributed by atoms with Crippen LogP contribution >= 0.6 is 0 Å². The average Bonchev–Trinajstić information content (AvgIpc) is 2.88. The third kappa shape index (κ3) is 23.3. The molecule has 0 fully saturated rings. The van der Waals surface area contributed by atoms with Gasteiger partial charge in [-0.15, -0.1) is 0 Å². The van der Waals surface area contributed by atoms with Gasteiger partial charge in [-0.3, -0.25) is 4.79 Å². The molecule has 0 heterocycles. The van der Waals surface area contributed by atoms with E-state index >= 15 is 0 Å². The number of carbonyl (C=O) groups is 2. The minimum Gasteiger partial charge on any atom is -0.338 e. The highest BCUT2D eigenvalue weighted by Gasteiger charge is 2.07. The van der Waals surface area contributed by atoms with Crippen molar-refractivity contribution in [1.29, 1.82) is 0 Å². The van der Waals surface area contributed by atoms with Gasteiger partial charge in [0.05, 0.1) is 0 Å². The summed E-state index contributed by atoms with van der Waals surface area (Å²) in [5, 5.41) is 5.98. The summed E-state index contributed by atoms with van der Waals surface area (Å²) < 4.78 is 0. The molecule has 0 aliphatic rings. The lowest BCUT2D eigenvalue weighted by Crippen LogP contribution is -2.41. The second kappa shape index (κ2) is 26.9. The lowest BCUT2D eigenvalue weighted by molar-refractivity contribution is -0.119. The number of nitrogens with zero attached hydrogens (tertiary/aromatic N) is 2. The highest BCUT2D eigenvalue weighted by atomic mass is 16.2. The van der Waals surface area contributed by atoms with Crippen LogP contribution in [-0.2, 0) is 4.79 Å². The van der Waals surface area contributed by atoms with Crippen molar-refractivity contribution in [3.8, 4) is 0 Å².